The highest BCUT2D eigenvalue weighted by Crippen LogP contribution is 2.39. The number of ether oxygens (including phenoxy) is 1. The van der Waals surface area contributed by atoms with Gasteiger partial charge in [0.05, 0.1) is 12.8 Å². The molecule has 0 bridgehead atoms. The van der Waals surface area contributed by atoms with E-state index in [9.17, 15) is 14.7 Å². The second-order valence-electron chi connectivity index (χ2n) is 4.45. The van der Waals surface area contributed by atoms with Gasteiger partial charge in [0.15, 0.2) is 6.10 Å². The summed E-state index contributed by atoms with van der Waals surface area (Å²) < 4.78 is 8.21. The topological polar surface area (TPSA) is 66.8 Å². The van der Waals surface area contributed by atoms with Gasteiger partial charge in [-0.05, 0) is 87.2 Å². The molecular formula is C14H16I3NO4. The third-order valence-corrected chi connectivity index (χ3v) is 5.60. The molecule has 1 rings (SSSR count). The first kappa shape index (κ1) is 20.2. The van der Waals surface area contributed by atoms with Crippen LogP contribution in [0.25, 0.3) is 0 Å². The third-order valence-electron chi connectivity index (χ3n) is 2.98. The molecule has 0 fully saturated rings. The van der Waals surface area contributed by atoms with Crippen LogP contribution in [0.3, 0.4) is 0 Å². The van der Waals surface area contributed by atoms with Crippen LogP contribution in [-0.4, -0.2) is 29.6 Å². The summed E-state index contributed by atoms with van der Waals surface area (Å²) in [6.45, 7) is 5.72. The fourth-order valence-corrected chi connectivity index (χ4v) is 6.11. The van der Waals surface area contributed by atoms with Gasteiger partial charge in [-0.1, -0.05) is 6.92 Å². The molecule has 8 heteroatoms. The van der Waals surface area contributed by atoms with Crippen LogP contribution in [0.5, 0.6) is 5.75 Å². The van der Waals surface area contributed by atoms with E-state index in [1.54, 1.807) is 11.8 Å². The summed E-state index contributed by atoms with van der Waals surface area (Å²) in [7, 11) is 0. The summed E-state index contributed by atoms with van der Waals surface area (Å²) in [5.41, 5.74) is 0.770. The van der Waals surface area contributed by atoms with Crippen molar-refractivity contribution in [2.75, 3.05) is 11.4 Å². The van der Waals surface area contributed by atoms with Gasteiger partial charge in [0.2, 0.25) is 5.91 Å². The summed E-state index contributed by atoms with van der Waals surface area (Å²) >= 11 is 6.42. The average Bonchev–Trinajstić information content (AvgIpc) is 2.42. The van der Waals surface area contributed by atoms with E-state index < -0.39 is 12.1 Å². The number of hydrogen-bond acceptors (Lipinski definition) is 3. The van der Waals surface area contributed by atoms with Crippen LogP contribution in [0.4, 0.5) is 5.69 Å². The standard InChI is InChI=1S/C14H16I3NO4/c1-4-10(14(20)21)22-13-9(16)6-8(15)12(11(13)17)18(5-2)7(3)19/h6,10H,4-5H2,1-3H3,(H,20,21). The zero-order valence-corrected chi connectivity index (χ0v) is 18.8. The van der Waals surface area contributed by atoms with Gasteiger partial charge in [-0.15, -0.1) is 0 Å². The maximum Gasteiger partial charge on any atom is 0.344 e. The van der Waals surface area contributed by atoms with Gasteiger partial charge < -0.3 is 14.7 Å². The first-order valence-electron chi connectivity index (χ1n) is 6.59. The van der Waals surface area contributed by atoms with E-state index >= 15 is 0 Å². The molecule has 1 unspecified atom stereocenters. The highest BCUT2D eigenvalue weighted by Gasteiger charge is 2.25. The largest absolute Gasteiger partial charge is 0.479 e. The molecule has 1 N–H and O–H groups in total. The van der Waals surface area contributed by atoms with Crippen molar-refractivity contribution in [2.24, 2.45) is 0 Å². The van der Waals surface area contributed by atoms with Crippen molar-refractivity contribution in [1.82, 2.24) is 0 Å². The van der Waals surface area contributed by atoms with Crippen LogP contribution in [0.15, 0.2) is 6.07 Å². The summed E-state index contributed by atoms with van der Waals surface area (Å²) in [4.78, 5) is 24.7. The van der Waals surface area contributed by atoms with Gasteiger partial charge in [0.25, 0.3) is 0 Å². The molecule has 0 heterocycles. The Hall–Kier alpha value is 0.150. The van der Waals surface area contributed by atoms with Crippen LogP contribution in [0.2, 0.25) is 0 Å². The van der Waals surface area contributed by atoms with Gasteiger partial charge >= 0.3 is 5.97 Å². The Kier molecular flexibility index (Phi) is 8.12. The molecule has 1 amide bonds. The van der Waals surface area contributed by atoms with Crippen molar-refractivity contribution in [3.8, 4) is 5.75 Å². The predicted molar refractivity (Wildman–Crippen MR) is 111 cm³/mol. The Morgan fingerprint density at radius 2 is 1.86 bits per heavy atom. The normalized spacial score (nSPS) is 11.9. The lowest BCUT2D eigenvalue weighted by atomic mass is 10.2. The minimum Gasteiger partial charge on any atom is -0.479 e. The molecule has 1 atom stereocenters. The molecule has 1 aromatic carbocycles. The average molecular weight is 643 g/mol. The number of benzene rings is 1. The van der Waals surface area contributed by atoms with Crippen molar-refractivity contribution in [1.29, 1.82) is 0 Å². The molecular weight excluding hydrogens is 627 g/mol. The molecule has 122 valence electrons. The molecule has 0 aliphatic heterocycles. The number of hydrogen-bond donors (Lipinski definition) is 1. The zero-order valence-electron chi connectivity index (χ0n) is 12.3. The quantitative estimate of drug-likeness (QED) is 0.475. The zero-order chi connectivity index (χ0) is 17.0. The minimum atomic E-state index is -0.992. The van der Waals surface area contributed by atoms with Gasteiger partial charge in [-0.3, -0.25) is 4.79 Å². The number of halogens is 3. The molecule has 0 aliphatic rings. The van der Waals surface area contributed by atoms with Gasteiger partial charge in [-0.2, -0.15) is 0 Å². The number of nitrogens with zero attached hydrogens (tertiary/aromatic N) is 1. The lowest BCUT2D eigenvalue weighted by molar-refractivity contribution is -0.145. The summed E-state index contributed by atoms with van der Waals surface area (Å²) in [6.07, 6.45) is -0.533. The van der Waals surface area contributed by atoms with Gasteiger partial charge in [0.1, 0.15) is 5.75 Å². The van der Waals surface area contributed by atoms with Crippen molar-refractivity contribution in [3.05, 3.63) is 16.8 Å². The number of amides is 1. The first-order chi connectivity index (χ1) is 10.2. The smallest absolute Gasteiger partial charge is 0.344 e. The Labute approximate surface area is 170 Å². The van der Waals surface area contributed by atoms with Gasteiger partial charge in [-0.25, -0.2) is 4.79 Å². The van der Waals surface area contributed by atoms with Crippen molar-refractivity contribution in [3.63, 3.8) is 0 Å². The fraction of sp³-hybridized carbons (Fsp3) is 0.429. The molecule has 0 spiro atoms. The molecule has 0 saturated carbocycles. The lowest BCUT2D eigenvalue weighted by Gasteiger charge is -2.25. The van der Waals surface area contributed by atoms with E-state index in [2.05, 4.69) is 67.8 Å². The Morgan fingerprint density at radius 1 is 1.27 bits per heavy atom. The van der Waals surface area contributed by atoms with E-state index in [1.807, 2.05) is 13.0 Å². The number of anilines is 1. The van der Waals surface area contributed by atoms with Crippen LogP contribution >= 0.6 is 67.8 Å². The number of carboxylic acids is 1. The van der Waals surface area contributed by atoms with E-state index in [4.69, 9.17) is 4.74 Å². The number of carbonyl (C=O) groups excluding carboxylic acids is 1. The number of rotatable bonds is 6. The third kappa shape index (κ3) is 4.58. The highest BCUT2D eigenvalue weighted by molar-refractivity contribution is 14.1. The van der Waals surface area contributed by atoms with Gasteiger partial charge in [0, 0.05) is 17.0 Å². The van der Waals surface area contributed by atoms with E-state index in [1.165, 1.54) is 6.92 Å². The van der Waals surface area contributed by atoms with Crippen LogP contribution in [0, 0.1) is 10.7 Å². The van der Waals surface area contributed by atoms with Crippen LogP contribution in [-0.2, 0) is 9.59 Å². The number of carboxylic acid groups (broad SMARTS) is 1. The van der Waals surface area contributed by atoms with Crippen molar-refractivity contribution >= 4 is 85.3 Å². The second-order valence-corrected chi connectivity index (χ2v) is 7.85. The van der Waals surface area contributed by atoms with Crippen LogP contribution < -0.4 is 9.64 Å². The van der Waals surface area contributed by atoms with Crippen molar-refractivity contribution < 1.29 is 19.4 Å². The molecule has 0 aromatic heterocycles. The maximum absolute atomic E-state index is 11.8. The minimum absolute atomic E-state index is 0.0595. The second kappa shape index (κ2) is 8.85. The lowest BCUT2D eigenvalue weighted by Crippen LogP contribution is -2.31. The fourth-order valence-electron chi connectivity index (χ4n) is 1.91. The molecule has 0 aliphatic carbocycles. The van der Waals surface area contributed by atoms with E-state index in [0.717, 1.165) is 16.4 Å². The molecule has 22 heavy (non-hydrogen) atoms. The number of carbonyl (C=O) groups is 2. The number of aliphatic carboxylic acids is 1. The summed E-state index contributed by atoms with van der Waals surface area (Å²) in [5, 5.41) is 9.19. The highest BCUT2D eigenvalue weighted by atomic mass is 127. The molecule has 5 nitrogen and oxygen atoms in total. The van der Waals surface area contributed by atoms with Crippen molar-refractivity contribution in [2.45, 2.75) is 33.3 Å². The van der Waals surface area contributed by atoms with E-state index in [0.29, 0.717) is 18.7 Å². The molecule has 1 aromatic rings. The van der Waals surface area contributed by atoms with Crippen LogP contribution in [0.1, 0.15) is 27.2 Å². The maximum atomic E-state index is 11.8. The monoisotopic (exact) mass is 643 g/mol. The first-order valence-corrected chi connectivity index (χ1v) is 9.83. The molecule has 0 radical (unpaired) electrons. The summed E-state index contributed by atoms with van der Waals surface area (Å²) in [6, 6.07) is 1.90. The summed E-state index contributed by atoms with van der Waals surface area (Å²) in [5.74, 6) is -0.533. The molecule has 0 saturated heterocycles. The Balaban J connectivity index is 3.41. The Morgan fingerprint density at radius 3 is 2.27 bits per heavy atom. The predicted octanol–water partition coefficient (Wildman–Crippen LogP) is 4.12. The Bertz CT molecular complexity index is 592. The van der Waals surface area contributed by atoms with E-state index in [-0.39, 0.29) is 5.91 Å². The SMILES string of the molecule is CCC(Oc1c(I)cc(I)c(N(CC)C(C)=O)c1I)C(=O)O.